The fourth-order valence-electron chi connectivity index (χ4n) is 3.29. The summed E-state index contributed by atoms with van der Waals surface area (Å²) >= 11 is 12.0. The average molecular weight is 407 g/mol. The standard InChI is InChI=1S/C20H24ClN3O2S/c1-25-18-9-8-16(12-19(18)26-2)22-20(27)24-11-5-10-23(14-24)13-15-6-3-4-7-17(15)21/h3-4,6-9,12H,5,10-11,13-14H2,1-2H3,(H,22,27)/p+1. The van der Waals surface area contributed by atoms with Crippen molar-refractivity contribution < 1.29 is 14.4 Å². The molecule has 144 valence electrons. The second-order valence-electron chi connectivity index (χ2n) is 6.54. The maximum absolute atomic E-state index is 6.32. The zero-order chi connectivity index (χ0) is 19.2. The van der Waals surface area contributed by atoms with E-state index in [2.05, 4.69) is 16.3 Å². The molecule has 1 unspecified atom stereocenters. The second kappa shape index (κ2) is 9.26. The lowest BCUT2D eigenvalue weighted by atomic mass is 10.2. The van der Waals surface area contributed by atoms with Crippen LogP contribution in [0.1, 0.15) is 12.0 Å². The Bertz CT molecular complexity index is 803. The molecule has 0 radical (unpaired) electrons. The van der Waals surface area contributed by atoms with Crippen molar-refractivity contribution in [2.45, 2.75) is 13.0 Å². The number of halogens is 1. The van der Waals surface area contributed by atoms with Gasteiger partial charge in [0.2, 0.25) is 0 Å². The predicted molar refractivity (Wildman–Crippen MR) is 113 cm³/mol. The first-order chi connectivity index (χ1) is 13.1. The maximum atomic E-state index is 6.32. The molecule has 5 nitrogen and oxygen atoms in total. The van der Waals surface area contributed by atoms with Gasteiger partial charge in [-0.15, -0.1) is 0 Å². The van der Waals surface area contributed by atoms with E-state index in [9.17, 15) is 0 Å². The van der Waals surface area contributed by atoms with Crippen molar-refractivity contribution in [1.29, 1.82) is 0 Å². The Hall–Kier alpha value is -2.02. The molecule has 0 aromatic heterocycles. The molecular weight excluding hydrogens is 382 g/mol. The monoisotopic (exact) mass is 406 g/mol. The van der Waals surface area contributed by atoms with Crippen LogP contribution >= 0.6 is 23.8 Å². The van der Waals surface area contributed by atoms with Crippen molar-refractivity contribution in [1.82, 2.24) is 4.90 Å². The average Bonchev–Trinajstić information content (AvgIpc) is 2.70. The van der Waals surface area contributed by atoms with Crippen LogP contribution in [0.2, 0.25) is 5.02 Å². The molecule has 1 saturated heterocycles. The number of hydrogen-bond donors (Lipinski definition) is 2. The zero-order valence-corrected chi connectivity index (χ0v) is 17.2. The van der Waals surface area contributed by atoms with Crippen LogP contribution in [-0.2, 0) is 6.54 Å². The number of rotatable bonds is 5. The Labute approximate surface area is 170 Å². The van der Waals surface area contributed by atoms with E-state index >= 15 is 0 Å². The van der Waals surface area contributed by atoms with Gasteiger partial charge in [0.05, 0.1) is 20.8 Å². The lowest BCUT2D eigenvalue weighted by Gasteiger charge is -2.34. The van der Waals surface area contributed by atoms with Gasteiger partial charge in [0, 0.05) is 35.3 Å². The number of nitrogens with one attached hydrogen (secondary N) is 2. The molecule has 27 heavy (non-hydrogen) atoms. The van der Waals surface area contributed by atoms with E-state index in [0.29, 0.717) is 11.5 Å². The number of methoxy groups -OCH3 is 2. The van der Waals surface area contributed by atoms with Crippen LogP contribution in [-0.4, -0.2) is 44.0 Å². The second-order valence-corrected chi connectivity index (χ2v) is 7.34. The van der Waals surface area contributed by atoms with Crippen molar-refractivity contribution in [3.8, 4) is 11.5 Å². The summed E-state index contributed by atoms with van der Waals surface area (Å²) in [6.07, 6.45) is 1.09. The third-order valence-electron chi connectivity index (χ3n) is 4.69. The molecule has 1 fully saturated rings. The highest BCUT2D eigenvalue weighted by atomic mass is 35.5. The molecule has 0 saturated carbocycles. The van der Waals surface area contributed by atoms with Crippen molar-refractivity contribution in [3.63, 3.8) is 0 Å². The molecule has 2 aromatic rings. The van der Waals surface area contributed by atoms with Crippen LogP contribution in [0.3, 0.4) is 0 Å². The Morgan fingerprint density at radius 3 is 2.70 bits per heavy atom. The van der Waals surface area contributed by atoms with Gasteiger partial charge in [0.1, 0.15) is 6.54 Å². The van der Waals surface area contributed by atoms with E-state index in [-0.39, 0.29) is 0 Å². The first kappa shape index (κ1) is 19.7. The van der Waals surface area contributed by atoms with Gasteiger partial charge >= 0.3 is 0 Å². The third-order valence-corrected chi connectivity index (χ3v) is 5.42. The normalized spacial score (nSPS) is 16.7. The fourth-order valence-corrected chi connectivity index (χ4v) is 3.77. The summed E-state index contributed by atoms with van der Waals surface area (Å²) in [6, 6.07) is 13.7. The predicted octanol–water partition coefficient (Wildman–Crippen LogP) is 2.80. The minimum Gasteiger partial charge on any atom is -0.493 e. The summed E-state index contributed by atoms with van der Waals surface area (Å²) in [5.74, 6) is 1.37. The minimum absolute atomic E-state index is 0.676. The first-order valence-corrected chi connectivity index (χ1v) is 9.74. The van der Waals surface area contributed by atoms with Crippen LogP contribution in [0.4, 0.5) is 5.69 Å². The minimum atomic E-state index is 0.676. The molecule has 0 amide bonds. The summed E-state index contributed by atoms with van der Waals surface area (Å²) in [4.78, 5) is 3.66. The number of ether oxygens (including phenoxy) is 2. The largest absolute Gasteiger partial charge is 0.493 e. The van der Waals surface area contributed by atoms with Gasteiger partial charge in [0.25, 0.3) is 0 Å². The fraction of sp³-hybridized carbons (Fsp3) is 0.350. The highest BCUT2D eigenvalue weighted by Crippen LogP contribution is 2.29. The molecule has 1 atom stereocenters. The molecule has 7 heteroatoms. The Kier molecular flexibility index (Phi) is 6.77. The lowest BCUT2D eigenvalue weighted by Crippen LogP contribution is -3.13. The Balaban J connectivity index is 1.62. The van der Waals surface area contributed by atoms with Gasteiger partial charge in [-0.2, -0.15) is 0 Å². The van der Waals surface area contributed by atoms with Crippen LogP contribution in [0.5, 0.6) is 11.5 Å². The number of anilines is 1. The maximum Gasteiger partial charge on any atom is 0.177 e. The van der Waals surface area contributed by atoms with E-state index < -0.39 is 0 Å². The van der Waals surface area contributed by atoms with Crippen molar-refractivity contribution in [2.75, 3.05) is 39.3 Å². The summed E-state index contributed by atoms with van der Waals surface area (Å²) in [5.41, 5.74) is 2.06. The van der Waals surface area contributed by atoms with Crippen LogP contribution < -0.4 is 19.7 Å². The first-order valence-electron chi connectivity index (χ1n) is 8.95. The lowest BCUT2D eigenvalue weighted by molar-refractivity contribution is -0.927. The van der Waals surface area contributed by atoms with Crippen LogP contribution in [0.15, 0.2) is 42.5 Å². The van der Waals surface area contributed by atoms with Crippen molar-refractivity contribution >= 4 is 34.6 Å². The number of hydrogen-bond acceptors (Lipinski definition) is 3. The highest BCUT2D eigenvalue weighted by Gasteiger charge is 2.23. The summed E-state index contributed by atoms with van der Waals surface area (Å²) in [7, 11) is 3.25. The van der Waals surface area contributed by atoms with Gasteiger partial charge in [-0.05, 0) is 30.4 Å². The van der Waals surface area contributed by atoms with Crippen LogP contribution in [0, 0.1) is 0 Å². The molecule has 3 rings (SSSR count). The SMILES string of the molecule is COc1ccc(NC(=S)N2CCC[NH+](Cc3ccccc3Cl)C2)cc1OC. The highest BCUT2D eigenvalue weighted by molar-refractivity contribution is 7.80. The molecule has 2 N–H and O–H groups in total. The summed E-state index contributed by atoms with van der Waals surface area (Å²) < 4.78 is 10.6. The van der Waals surface area contributed by atoms with E-state index in [0.717, 1.165) is 48.5 Å². The number of benzene rings is 2. The number of thiocarbonyl (C=S) groups is 1. The molecule has 1 aliphatic heterocycles. The molecule has 0 aliphatic carbocycles. The quantitative estimate of drug-likeness (QED) is 0.747. The zero-order valence-electron chi connectivity index (χ0n) is 15.6. The van der Waals surface area contributed by atoms with E-state index in [1.165, 1.54) is 10.5 Å². The van der Waals surface area contributed by atoms with Crippen molar-refractivity contribution in [2.24, 2.45) is 0 Å². The van der Waals surface area contributed by atoms with Gasteiger partial charge < -0.3 is 24.6 Å². The molecule has 1 aliphatic rings. The smallest absolute Gasteiger partial charge is 0.177 e. The van der Waals surface area contributed by atoms with Gasteiger partial charge in [-0.25, -0.2) is 0 Å². The van der Waals surface area contributed by atoms with E-state index in [1.807, 2.05) is 36.4 Å². The van der Waals surface area contributed by atoms with Gasteiger partial charge in [-0.1, -0.05) is 29.8 Å². The summed E-state index contributed by atoms with van der Waals surface area (Å²) in [5, 5.41) is 4.86. The van der Waals surface area contributed by atoms with E-state index in [1.54, 1.807) is 14.2 Å². The van der Waals surface area contributed by atoms with Crippen LogP contribution in [0.25, 0.3) is 0 Å². The van der Waals surface area contributed by atoms with Crippen molar-refractivity contribution in [3.05, 3.63) is 53.1 Å². The number of quaternary nitrogens is 1. The summed E-state index contributed by atoms with van der Waals surface area (Å²) in [6.45, 7) is 3.81. The van der Waals surface area contributed by atoms with Gasteiger partial charge in [0.15, 0.2) is 23.3 Å². The Morgan fingerprint density at radius 1 is 1.19 bits per heavy atom. The molecule has 0 spiro atoms. The van der Waals surface area contributed by atoms with Gasteiger partial charge in [-0.3, -0.25) is 0 Å². The van der Waals surface area contributed by atoms with E-state index in [4.69, 9.17) is 33.3 Å². The molecule has 1 heterocycles. The third kappa shape index (κ3) is 5.03. The molecule has 2 aromatic carbocycles. The Morgan fingerprint density at radius 2 is 1.96 bits per heavy atom. The topological polar surface area (TPSA) is 38.2 Å². The molecular formula is C20H25ClN3O2S+. The molecule has 0 bridgehead atoms. The number of nitrogens with zero attached hydrogens (tertiary/aromatic N) is 1.